The van der Waals surface area contributed by atoms with E-state index in [1.807, 2.05) is 60.3 Å². The van der Waals surface area contributed by atoms with Crippen LogP contribution in [0.1, 0.15) is 18.5 Å². The van der Waals surface area contributed by atoms with Crippen LogP contribution in [0.2, 0.25) is 0 Å². The van der Waals surface area contributed by atoms with Crippen molar-refractivity contribution in [3.8, 4) is 22.4 Å². The molecule has 1 amide bonds. The van der Waals surface area contributed by atoms with Gasteiger partial charge in [0.1, 0.15) is 16.7 Å². The smallest absolute Gasteiger partial charge is 0.246 e. The monoisotopic (exact) mass is 469 g/mol. The molecule has 0 unspecified atom stereocenters. The molecule has 4 heterocycles. The highest BCUT2D eigenvalue weighted by Crippen LogP contribution is 2.42. The van der Waals surface area contributed by atoms with Gasteiger partial charge in [0, 0.05) is 36.1 Å². The zero-order chi connectivity index (χ0) is 23.9. The molecule has 1 saturated carbocycles. The average molecular weight is 470 g/mol. The van der Waals surface area contributed by atoms with Crippen LogP contribution in [-0.2, 0) is 17.9 Å². The summed E-state index contributed by atoms with van der Waals surface area (Å²) in [7, 11) is 3.99. The van der Waals surface area contributed by atoms with Crippen molar-refractivity contribution in [2.45, 2.75) is 32.0 Å². The van der Waals surface area contributed by atoms with E-state index in [1.54, 1.807) is 18.5 Å². The molecule has 1 aliphatic heterocycles. The van der Waals surface area contributed by atoms with E-state index in [1.165, 1.54) is 0 Å². The molecular weight excluding hydrogens is 442 g/mol. The molecule has 0 N–H and O–H groups in total. The number of benzene rings is 1. The van der Waals surface area contributed by atoms with Crippen molar-refractivity contribution in [2.75, 3.05) is 20.6 Å². The number of nitrogens with zero attached hydrogens (tertiary/aromatic N) is 7. The fraction of sp³-hybridized carbons (Fsp3) is 0.346. The highest BCUT2D eigenvalue weighted by molar-refractivity contribution is 5.90. The van der Waals surface area contributed by atoms with Gasteiger partial charge in [0.15, 0.2) is 0 Å². The van der Waals surface area contributed by atoms with Gasteiger partial charge in [-0.3, -0.25) is 14.5 Å². The maximum atomic E-state index is 13.3. The second-order valence-electron chi connectivity index (χ2n) is 9.59. The molecule has 1 atom stereocenters. The van der Waals surface area contributed by atoms with Crippen LogP contribution in [0, 0.1) is 5.92 Å². The Morgan fingerprint density at radius 3 is 2.69 bits per heavy atom. The summed E-state index contributed by atoms with van der Waals surface area (Å²) >= 11 is 0. The van der Waals surface area contributed by atoms with Crippen molar-refractivity contribution < 1.29 is 9.42 Å². The highest BCUT2D eigenvalue weighted by Gasteiger charge is 2.41. The van der Waals surface area contributed by atoms with Crippen LogP contribution < -0.4 is 0 Å². The summed E-state index contributed by atoms with van der Waals surface area (Å²) in [6.07, 6.45) is 9.56. The first-order valence-electron chi connectivity index (χ1n) is 11.9. The van der Waals surface area contributed by atoms with E-state index >= 15 is 0 Å². The van der Waals surface area contributed by atoms with E-state index < -0.39 is 0 Å². The summed E-state index contributed by atoms with van der Waals surface area (Å²) in [4.78, 5) is 21.6. The topological polar surface area (TPSA) is 93.2 Å². The predicted octanol–water partition coefficient (Wildman–Crippen LogP) is 3.39. The number of amides is 1. The molecule has 9 nitrogen and oxygen atoms in total. The van der Waals surface area contributed by atoms with Crippen LogP contribution in [0.5, 0.6) is 0 Å². The van der Waals surface area contributed by atoms with Crippen molar-refractivity contribution in [3.05, 3.63) is 60.6 Å². The minimum atomic E-state index is 0.0634. The standard InChI is InChI=1S/C26H27N7O2/c1-31(2)13-3-4-24(34)32-15-23-25(18-9-11-27-12-10-18)26(28-33(23)16-22(32)17-5-6-17)19-7-8-20-21(14-19)30-35-29-20/h3-4,7-12,14,17,22H,5-6,13,15-16H2,1-2H3/b4-3+/t22-/m1/s1. The number of rotatable bonds is 6. The Balaban J connectivity index is 1.45. The number of carbonyl (C=O) groups is 1. The van der Waals surface area contributed by atoms with E-state index in [9.17, 15) is 4.79 Å². The van der Waals surface area contributed by atoms with Gasteiger partial charge < -0.3 is 9.80 Å². The van der Waals surface area contributed by atoms with Crippen LogP contribution in [0.25, 0.3) is 33.4 Å². The second kappa shape index (κ2) is 8.74. The van der Waals surface area contributed by atoms with Gasteiger partial charge in [-0.1, -0.05) is 12.1 Å². The zero-order valence-corrected chi connectivity index (χ0v) is 19.8. The van der Waals surface area contributed by atoms with Crippen molar-refractivity contribution in [1.29, 1.82) is 0 Å². The van der Waals surface area contributed by atoms with Gasteiger partial charge in [0.05, 0.1) is 24.8 Å². The molecule has 6 rings (SSSR count). The molecular formula is C26H27N7O2. The first kappa shape index (κ1) is 21.7. The molecule has 1 aromatic carbocycles. The van der Waals surface area contributed by atoms with Crippen LogP contribution >= 0.6 is 0 Å². The third kappa shape index (κ3) is 4.12. The number of fused-ring (bicyclic) bond motifs is 2. The highest BCUT2D eigenvalue weighted by atomic mass is 16.6. The fourth-order valence-corrected chi connectivity index (χ4v) is 4.90. The van der Waals surface area contributed by atoms with Crippen LogP contribution in [-0.4, -0.2) is 67.5 Å². The molecule has 9 heteroatoms. The summed E-state index contributed by atoms with van der Waals surface area (Å²) in [6.45, 7) is 1.95. The summed E-state index contributed by atoms with van der Waals surface area (Å²) in [5.74, 6) is 0.595. The molecule has 0 saturated heterocycles. The van der Waals surface area contributed by atoms with E-state index in [2.05, 4.69) is 20.0 Å². The number of likely N-dealkylation sites (N-methyl/N-ethyl adjacent to an activating group) is 1. The van der Waals surface area contributed by atoms with Gasteiger partial charge in [0.2, 0.25) is 5.91 Å². The Morgan fingerprint density at radius 1 is 1.11 bits per heavy atom. The number of pyridine rings is 1. The first-order valence-corrected chi connectivity index (χ1v) is 11.9. The van der Waals surface area contributed by atoms with Gasteiger partial charge >= 0.3 is 0 Å². The summed E-state index contributed by atoms with van der Waals surface area (Å²) in [5, 5.41) is 13.0. The third-order valence-corrected chi connectivity index (χ3v) is 6.81. The fourth-order valence-electron chi connectivity index (χ4n) is 4.90. The second-order valence-corrected chi connectivity index (χ2v) is 9.59. The molecule has 0 bridgehead atoms. The molecule has 2 aliphatic rings. The van der Waals surface area contributed by atoms with Crippen molar-refractivity contribution in [3.63, 3.8) is 0 Å². The van der Waals surface area contributed by atoms with Crippen LogP contribution in [0.15, 0.2) is 59.5 Å². The van der Waals surface area contributed by atoms with Crippen molar-refractivity contribution >= 4 is 16.9 Å². The Hall–Kier alpha value is -3.85. The lowest BCUT2D eigenvalue weighted by molar-refractivity contribution is -0.130. The van der Waals surface area contributed by atoms with Gasteiger partial charge in [-0.25, -0.2) is 4.63 Å². The molecule has 4 aromatic rings. The van der Waals surface area contributed by atoms with Crippen molar-refractivity contribution in [2.24, 2.45) is 5.92 Å². The Kier molecular flexibility index (Phi) is 5.41. The molecule has 3 aromatic heterocycles. The molecule has 1 fully saturated rings. The summed E-state index contributed by atoms with van der Waals surface area (Å²) < 4.78 is 7.00. The first-order chi connectivity index (χ1) is 17.1. The minimum Gasteiger partial charge on any atom is -0.328 e. The van der Waals surface area contributed by atoms with E-state index in [0.29, 0.717) is 30.0 Å². The lowest BCUT2D eigenvalue weighted by Gasteiger charge is -2.36. The number of carbonyl (C=O) groups excluding carboxylic acids is 1. The normalized spacial score (nSPS) is 18.0. The SMILES string of the molecule is CN(C)C/C=C/C(=O)N1Cc2c(-c3ccncc3)c(-c3ccc4nonc4c3)nn2C[C@@H]1C1CC1. The summed E-state index contributed by atoms with van der Waals surface area (Å²) in [5.41, 5.74) is 6.28. The van der Waals surface area contributed by atoms with Gasteiger partial charge in [-0.2, -0.15) is 5.10 Å². The van der Waals surface area contributed by atoms with E-state index in [0.717, 1.165) is 47.5 Å². The molecule has 1 aliphatic carbocycles. The zero-order valence-electron chi connectivity index (χ0n) is 19.8. The maximum Gasteiger partial charge on any atom is 0.246 e. The lowest BCUT2D eigenvalue weighted by atomic mass is 9.97. The van der Waals surface area contributed by atoms with Gasteiger partial charge in [-0.15, -0.1) is 0 Å². The number of hydrogen-bond acceptors (Lipinski definition) is 7. The minimum absolute atomic E-state index is 0.0634. The Labute approximate surface area is 203 Å². The molecule has 0 radical (unpaired) electrons. The average Bonchev–Trinajstić information content (AvgIpc) is 3.48. The van der Waals surface area contributed by atoms with Crippen molar-refractivity contribution in [1.82, 2.24) is 34.9 Å². The maximum absolute atomic E-state index is 13.3. The molecule has 35 heavy (non-hydrogen) atoms. The van der Waals surface area contributed by atoms with E-state index in [4.69, 9.17) is 9.73 Å². The van der Waals surface area contributed by atoms with E-state index in [-0.39, 0.29) is 11.9 Å². The number of aromatic nitrogens is 5. The quantitative estimate of drug-likeness (QED) is 0.400. The Bertz CT molecular complexity index is 1400. The van der Waals surface area contributed by atoms with Crippen LogP contribution in [0.4, 0.5) is 0 Å². The predicted molar refractivity (Wildman–Crippen MR) is 131 cm³/mol. The number of hydrogen-bond donors (Lipinski definition) is 0. The third-order valence-electron chi connectivity index (χ3n) is 6.81. The van der Waals surface area contributed by atoms with Gasteiger partial charge in [0.25, 0.3) is 0 Å². The summed E-state index contributed by atoms with van der Waals surface area (Å²) in [6, 6.07) is 9.99. The van der Waals surface area contributed by atoms with Crippen LogP contribution in [0.3, 0.4) is 0 Å². The Morgan fingerprint density at radius 2 is 1.91 bits per heavy atom. The lowest BCUT2D eigenvalue weighted by Crippen LogP contribution is -2.47. The van der Waals surface area contributed by atoms with Gasteiger partial charge in [-0.05, 0) is 73.0 Å². The molecule has 178 valence electrons. The largest absolute Gasteiger partial charge is 0.328 e. The molecule has 0 spiro atoms.